The first kappa shape index (κ1) is 8.43. The van der Waals surface area contributed by atoms with Gasteiger partial charge in [0.15, 0.2) is 0 Å². The Morgan fingerprint density at radius 3 is 3.13 bits per heavy atom. The predicted molar refractivity (Wildman–Crippen MR) is 56.4 cm³/mol. The van der Waals surface area contributed by atoms with E-state index in [2.05, 4.69) is 19.9 Å². The van der Waals surface area contributed by atoms with Crippen LogP contribution >= 0.6 is 0 Å². The summed E-state index contributed by atoms with van der Waals surface area (Å²) < 4.78 is 0. The van der Waals surface area contributed by atoms with E-state index >= 15 is 0 Å². The van der Waals surface area contributed by atoms with Gasteiger partial charge in [-0.2, -0.15) is 0 Å². The number of hydrogen-bond acceptors (Lipinski definition) is 3. The van der Waals surface area contributed by atoms with Gasteiger partial charge in [0.05, 0.1) is 11.7 Å². The van der Waals surface area contributed by atoms with Gasteiger partial charge in [0.1, 0.15) is 23.1 Å². The van der Waals surface area contributed by atoms with Crippen LogP contribution in [0.5, 0.6) is 0 Å². The zero-order valence-electron chi connectivity index (χ0n) is 8.15. The summed E-state index contributed by atoms with van der Waals surface area (Å²) in [4.78, 5) is 14.6. The lowest BCUT2D eigenvalue weighted by molar-refractivity contribution is 0.190. The number of aliphatic hydroxyl groups is 1. The Balaban J connectivity index is 2.41. The minimum atomic E-state index is -0.591. The number of aromatic amines is 2. The smallest absolute Gasteiger partial charge is 0.139 e. The maximum absolute atomic E-state index is 9.43. The van der Waals surface area contributed by atoms with E-state index in [1.54, 1.807) is 13.1 Å². The number of hydrogen-bond donors (Lipinski definition) is 3. The van der Waals surface area contributed by atoms with Crippen molar-refractivity contribution < 1.29 is 5.11 Å². The van der Waals surface area contributed by atoms with Crippen LogP contribution in [-0.2, 0) is 0 Å². The van der Waals surface area contributed by atoms with Crippen LogP contribution in [0.25, 0.3) is 22.1 Å². The SMILES string of the molecule is CC(O)c1nc2c(cnc3[nH]ccc32)[nH]1. The first-order valence-electron chi connectivity index (χ1n) is 4.75. The van der Waals surface area contributed by atoms with Crippen LogP contribution < -0.4 is 0 Å². The normalized spacial score (nSPS) is 13.7. The summed E-state index contributed by atoms with van der Waals surface area (Å²) in [5, 5.41) is 10.4. The van der Waals surface area contributed by atoms with E-state index in [4.69, 9.17) is 0 Å². The van der Waals surface area contributed by atoms with E-state index in [-0.39, 0.29) is 0 Å². The van der Waals surface area contributed by atoms with Crippen LogP contribution in [0.4, 0.5) is 0 Å². The highest BCUT2D eigenvalue weighted by molar-refractivity contribution is 6.00. The Bertz CT molecular complexity index is 622. The number of aromatic nitrogens is 4. The molecule has 3 aromatic rings. The van der Waals surface area contributed by atoms with Crippen LogP contribution in [0.3, 0.4) is 0 Å². The molecule has 0 aromatic carbocycles. The molecule has 1 unspecified atom stereocenters. The number of nitrogens with zero attached hydrogens (tertiary/aromatic N) is 2. The molecule has 0 saturated heterocycles. The van der Waals surface area contributed by atoms with Gasteiger partial charge in [-0.3, -0.25) is 0 Å². The highest BCUT2D eigenvalue weighted by atomic mass is 16.3. The average Bonchev–Trinajstić information content (AvgIpc) is 2.82. The summed E-state index contributed by atoms with van der Waals surface area (Å²) in [7, 11) is 0. The highest BCUT2D eigenvalue weighted by Gasteiger charge is 2.10. The monoisotopic (exact) mass is 202 g/mol. The maximum atomic E-state index is 9.43. The van der Waals surface area contributed by atoms with Crippen molar-refractivity contribution in [3.8, 4) is 0 Å². The fourth-order valence-electron chi connectivity index (χ4n) is 1.69. The zero-order valence-corrected chi connectivity index (χ0v) is 8.15. The Hall–Kier alpha value is -1.88. The fraction of sp³-hybridized carbons (Fsp3) is 0.200. The van der Waals surface area contributed by atoms with Crippen LogP contribution in [0, 0.1) is 0 Å². The van der Waals surface area contributed by atoms with Gasteiger partial charge in [-0.05, 0) is 13.0 Å². The van der Waals surface area contributed by atoms with E-state index in [0.717, 1.165) is 22.1 Å². The third-order valence-electron chi connectivity index (χ3n) is 2.45. The number of aliphatic hydroxyl groups excluding tert-OH is 1. The molecule has 0 amide bonds. The van der Waals surface area contributed by atoms with E-state index in [0.29, 0.717) is 5.82 Å². The quantitative estimate of drug-likeness (QED) is 0.559. The third kappa shape index (κ3) is 1.13. The van der Waals surface area contributed by atoms with Crippen LogP contribution in [0.1, 0.15) is 18.9 Å². The standard InChI is InChI=1S/C10H10N4O/c1-5(15)9-13-7-4-12-10-6(2-3-11-10)8(7)14-9/h2-5,15H,1H3,(H,11,12)(H,13,14). The number of rotatable bonds is 1. The van der Waals surface area contributed by atoms with E-state index in [1.807, 2.05) is 12.3 Å². The highest BCUT2D eigenvalue weighted by Crippen LogP contribution is 2.22. The molecule has 3 aromatic heterocycles. The van der Waals surface area contributed by atoms with Gasteiger partial charge in [0.2, 0.25) is 0 Å². The molecule has 3 N–H and O–H groups in total. The van der Waals surface area contributed by atoms with Gasteiger partial charge < -0.3 is 15.1 Å². The molecular weight excluding hydrogens is 192 g/mol. The summed E-state index contributed by atoms with van der Waals surface area (Å²) in [5.41, 5.74) is 2.50. The van der Waals surface area contributed by atoms with Gasteiger partial charge in [-0.25, -0.2) is 9.97 Å². The molecule has 5 heteroatoms. The summed E-state index contributed by atoms with van der Waals surface area (Å²) >= 11 is 0. The number of pyridine rings is 1. The molecule has 0 aliphatic heterocycles. The predicted octanol–water partition coefficient (Wildman–Crippen LogP) is 1.49. The molecule has 0 spiro atoms. The van der Waals surface area contributed by atoms with Gasteiger partial charge in [-0.1, -0.05) is 0 Å². The second-order valence-electron chi connectivity index (χ2n) is 3.56. The molecule has 0 radical (unpaired) electrons. The minimum absolute atomic E-state index is 0.570. The van der Waals surface area contributed by atoms with Crippen LogP contribution in [0.15, 0.2) is 18.5 Å². The van der Waals surface area contributed by atoms with Gasteiger partial charge in [0.25, 0.3) is 0 Å². The Morgan fingerprint density at radius 2 is 2.33 bits per heavy atom. The van der Waals surface area contributed by atoms with E-state index < -0.39 is 6.10 Å². The molecule has 3 rings (SSSR count). The maximum Gasteiger partial charge on any atom is 0.139 e. The summed E-state index contributed by atoms with van der Waals surface area (Å²) in [6, 6.07) is 1.93. The summed E-state index contributed by atoms with van der Waals surface area (Å²) in [6.45, 7) is 1.68. The molecule has 3 heterocycles. The van der Waals surface area contributed by atoms with Crippen molar-refractivity contribution in [2.45, 2.75) is 13.0 Å². The lowest BCUT2D eigenvalue weighted by Crippen LogP contribution is -1.92. The molecule has 1 atom stereocenters. The third-order valence-corrected chi connectivity index (χ3v) is 2.45. The second-order valence-corrected chi connectivity index (χ2v) is 3.56. The van der Waals surface area contributed by atoms with Crippen molar-refractivity contribution in [2.24, 2.45) is 0 Å². The van der Waals surface area contributed by atoms with Crippen molar-refractivity contribution in [2.75, 3.05) is 0 Å². The largest absolute Gasteiger partial charge is 0.385 e. The lowest BCUT2D eigenvalue weighted by atomic mass is 10.3. The molecule has 5 nitrogen and oxygen atoms in total. The molecule has 0 fully saturated rings. The van der Waals surface area contributed by atoms with Crippen molar-refractivity contribution in [3.05, 3.63) is 24.3 Å². The molecule has 0 saturated carbocycles. The Labute approximate surface area is 85.2 Å². The first-order valence-corrected chi connectivity index (χ1v) is 4.75. The zero-order chi connectivity index (χ0) is 10.4. The van der Waals surface area contributed by atoms with E-state index in [1.165, 1.54) is 0 Å². The molecule has 76 valence electrons. The number of imidazole rings is 1. The molecule has 15 heavy (non-hydrogen) atoms. The van der Waals surface area contributed by atoms with Gasteiger partial charge >= 0.3 is 0 Å². The van der Waals surface area contributed by atoms with Crippen molar-refractivity contribution >= 4 is 22.1 Å². The van der Waals surface area contributed by atoms with Crippen LogP contribution in [-0.4, -0.2) is 25.0 Å². The molecule has 0 bridgehead atoms. The Kier molecular flexibility index (Phi) is 1.58. The van der Waals surface area contributed by atoms with Gasteiger partial charge in [0, 0.05) is 11.6 Å². The molecular formula is C10H10N4O. The number of H-pyrrole nitrogens is 2. The van der Waals surface area contributed by atoms with Crippen molar-refractivity contribution in [3.63, 3.8) is 0 Å². The van der Waals surface area contributed by atoms with Crippen LogP contribution in [0.2, 0.25) is 0 Å². The summed E-state index contributed by atoms with van der Waals surface area (Å²) in [5.74, 6) is 0.570. The second kappa shape index (κ2) is 2.80. The lowest BCUT2D eigenvalue weighted by Gasteiger charge is -1.95. The van der Waals surface area contributed by atoms with E-state index in [9.17, 15) is 5.11 Å². The summed E-state index contributed by atoms with van der Waals surface area (Å²) in [6.07, 6.45) is 2.95. The Morgan fingerprint density at radius 1 is 1.47 bits per heavy atom. The first-order chi connectivity index (χ1) is 7.25. The van der Waals surface area contributed by atoms with Crippen molar-refractivity contribution in [1.29, 1.82) is 0 Å². The van der Waals surface area contributed by atoms with Gasteiger partial charge in [-0.15, -0.1) is 0 Å². The molecule has 0 aliphatic rings. The fourth-order valence-corrected chi connectivity index (χ4v) is 1.69. The topological polar surface area (TPSA) is 77.6 Å². The minimum Gasteiger partial charge on any atom is -0.385 e. The molecule has 0 aliphatic carbocycles. The average molecular weight is 202 g/mol. The van der Waals surface area contributed by atoms with Crippen molar-refractivity contribution in [1.82, 2.24) is 19.9 Å². The number of fused-ring (bicyclic) bond motifs is 3. The number of nitrogens with one attached hydrogen (secondary N) is 2.